The smallest absolute Gasteiger partial charge is 0.412 e. The number of hydrogen-bond acceptors (Lipinski definition) is 6. The number of nitrogens with zero attached hydrogens (tertiary/aromatic N) is 1. The van der Waals surface area contributed by atoms with Crippen LogP contribution in [-0.4, -0.2) is 56.3 Å². The molecule has 1 aromatic carbocycles. The number of rotatable bonds is 11. The molecule has 1 amide bonds. The standard InChI is InChI=1S/C21H33N3O4/c1-4-11-22-21(26)28-17-8-9-18-16(15-23-19(18)14-17)7-10-20(25)27-13-12-24(5-2)6-3/h8-9,14,16,23H,4-7,10-13,15H2,1-3H3,(H,22,26). The molecule has 1 atom stereocenters. The third kappa shape index (κ3) is 6.71. The van der Waals surface area contributed by atoms with Crippen molar-refractivity contribution in [3.8, 4) is 5.75 Å². The SMILES string of the molecule is CCCNC(=O)Oc1ccc2c(c1)NCC2CCC(=O)OCCN(CC)CC. The van der Waals surface area contributed by atoms with Gasteiger partial charge in [0.05, 0.1) is 0 Å². The molecule has 0 bridgehead atoms. The normalized spacial score (nSPS) is 15.1. The van der Waals surface area contributed by atoms with Crippen molar-refractivity contribution in [2.45, 2.75) is 46.0 Å². The van der Waals surface area contributed by atoms with Gasteiger partial charge >= 0.3 is 12.1 Å². The zero-order chi connectivity index (χ0) is 20.4. The van der Waals surface area contributed by atoms with Crippen LogP contribution in [-0.2, 0) is 9.53 Å². The number of ether oxygens (including phenoxy) is 2. The fourth-order valence-corrected chi connectivity index (χ4v) is 3.27. The van der Waals surface area contributed by atoms with E-state index < -0.39 is 6.09 Å². The van der Waals surface area contributed by atoms with Crippen molar-refractivity contribution in [2.75, 3.05) is 44.6 Å². The van der Waals surface area contributed by atoms with Crippen molar-refractivity contribution in [1.82, 2.24) is 10.2 Å². The van der Waals surface area contributed by atoms with Gasteiger partial charge in [0.2, 0.25) is 0 Å². The molecule has 0 fully saturated rings. The first-order valence-electron chi connectivity index (χ1n) is 10.3. The minimum atomic E-state index is -0.441. The van der Waals surface area contributed by atoms with Crippen molar-refractivity contribution in [3.63, 3.8) is 0 Å². The van der Waals surface area contributed by atoms with E-state index in [0.717, 1.165) is 50.3 Å². The predicted octanol–water partition coefficient (Wildman–Crippen LogP) is 3.36. The van der Waals surface area contributed by atoms with Crippen molar-refractivity contribution in [2.24, 2.45) is 0 Å². The Morgan fingerprint density at radius 3 is 2.75 bits per heavy atom. The second-order valence-electron chi connectivity index (χ2n) is 6.93. The van der Waals surface area contributed by atoms with Gasteiger partial charge in [-0.25, -0.2) is 4.79 Å². The van der Waals surface area contributed by atoms with Crippen molar-refractivity contribution < 1.29 is 19.1 Å². The predicted molar refractivity (Wildman–Crippen MR) is 110 cm³/mol. The zero-order valence-corrected chi connectivity index (χ0v) is 17.3. The van der Waals surface area contributed by atoms with E-state index in [1.54, 1.807) is 6.07 Å². The average molecular weight is 392 g/mol. The zero-order valence-electron chi connectivity index (χ0n) is 17.3. The average Bonchev–Trinajstić information content (AvgIpc) is 3.10. The van der Waals surface area contributed by atoms with Gasteiger partial charge in [0.1, 0.15) is 12.4 Å². The summed E-state index contributed by atoms with van der Waals surface area (Å²) in [6.45, 7) is 10.7. The molecule has 156 valence electrons. The summed E-state index contributed by atoms with van der Waals surface area (Å²) in [6.07, 6.45) is 1.56. The number of esters is 1. The van der Waals surface area contributed by atoms with E-state index in [2.05, 4.69) is 29.4 Å². The van der Waals surface area contributed by atoms with Gasteiger partial charge in [-0.05, 0) is 37.6 Å². The molecule has 1 aliphatic heterocycles. The number of carbonyl (C=O) groups excluding carboxylic acids is 2. The Labute approximate surface area is 167 Å². The van der Waals surface area contributed by atoms with Gasteiger partial charge in [-0.1, -0.05) is 26.8 Å². The number of fused-ring (bicyclic) bond motifs is 1. The number of benzene rings is 1. The molecule has 7 nitrogen and oxygen atoms in total. The first kappa shape index (κ1) is 22.0. The Kier molecular flexibility index (Phi) is 9.07. The summed E-state index contributed by atoms with van der Waals surface area (Å²) < 4.78 is 10.6. The first-order valence-corrected chi connectivity index (χ1v) is 10.3. The summed E-state index contributed by atoms with van der Waals surface area (Å²) in [7, 11) is 0. The molecule has 0 saturated carbocycles. The molecule has 1 aromatic rings. The summed E-state index contributed by atoms with van der Waals surface area (Å²) in [4.78, 5) is 25.9. The Morgan fingerprint density at radius 1 is 1.25 bits per heavy atom. The summed E-state index contributed by atoms with van der Waals surface area (Å²) >= 11 is 0. The first-order chi connectivity index (χ1) is 13.6. The molecule has 1 aliphatic rings. The minimum absolute atomic E-state index is 0.145. The highest BCUT2D eigenvalue weighted by Gasteiger charge is 2.24. The Bertz CT molecular complexity index is 647. The summed E-state index contributed by atoms with van der Waals surface area (Å²) in [5, 5.41) is 6.02. The molecule has 1 unspecified atom stereocenters. The highest BCUT2D eigenvalue weighted by molar-refractivity contribution is 5.72. The largest absolute Gasteiger partial charge is 0.464 e. The van der Waals surface area contributed by atoms with Crippen LogP contribution in [0, 0.1) is 0 Å². The van der Waals surface area contributed by atoms with Crippen LogP contribution in [0.4, 0.5) is 10.5 Å². The number of hydrogen-bond donors (Lipinski definition) is 2. The lowest BCUT2D eigenvalue weighted by Gasteiger charge is -2.17. The second kappa shape index (κ2) is 11.5. The molecule has 0 aliphatic carbocycles. The maximum Gasteiger partial charge on any atom is 0.412 e. The van der Waals surface area contributed by atoms with E-state index in [4.69, 9.17) is 9.47 Å². The van der Waals surface area contributed by atoms with Gasteiger partial charge in [0.25, 0.3) is 0 Å². The number of amides is 1. The lowest BCUT2D eigenvalue weighted by molar-refractivity contribution is -0.144. The van der Waals surface area contributed by atoms with Gasteiger partial charge in [-0.2, -0.15) is 0 Å². The topological polar surface area (TPSA) is 79.9 Å². The Morgan fingerprint density at radius 2 is 2.04 bits per heavy atom. The molecule has 0 radical (unpaired) electrons. The fourth-order valence-electron chi connectivity index (χ4n) is 3.27. The van der Waals surface area contributed by atoms with E-state index in [1.165, 1.54) is 0 Å². The molecular weight excluding hydrogens is 358 g/mol. The van der Waals surface area contributed by atoms with E-state index in [-0.39, 0.29) is 11.9 Å². The molecule has 0 saturated heterocycles. The number of nitrogens with one attached hydrogen (secondary N) is 2. The number of carbonyl (C=O) groups is 2. The lowest BCUT2D eigenvalue weighted by Crippen LogP contribution is -2.27. The quantitative estimate of drug-likeness (QED) is 0.563. The molecule has 0 spiro atoms. The van der Waals surface area contributed by atoms with E-state index in [1.807, 2.05) is 19.1 Å². The molecular formula is C21H33N3O4. The van der Waals surface area contributed by atoms with Crippen molar-refractivity contribution in [3.05, 3.63) is 23.8 Å². The molecule has 2 rings (SSSR count). The Hall–Kier alpha value is -2.28. The highest BCUT2D eigenvalue weighted by Crippen LogP contribution is 2.36. The van der Waals surface area contributed by atoms with Crippen LogP contribution in [0.3, 0.4) is 0 Å². The van der Waals surface area contributed by atoms with Crippen LogP contribution >= 0.6 is 0 Å². The highest BCUT2D eigenvalue weighted by atomic mass is 16.6. The van der Waals surface area contributed by atoms with Gasteiger partial charge in [0, 0.05) is 43.7 Å². The lowest BCUT2D eigenvalue weighted by atomic mass is 9.96. The van der Waals surface area contributed by atoms with Crippen LogP contribution < -0.4 is 15.4 Å². The van der Waals surface area contributed by atoms with Gasteiger partial charge < -0.3 is 25.0 Å². The van der Waals surface area contributed by atoms with Gasteiger partial charge in [-0.15, -0.1) is 0 Å². The molecule has 0 aromatic heterocycles. The second-order valence-corrected chi connectivity index (χ2v) is 6.93. The van der Waals surface area contributed by atoms with Crippen LogP contribution in [0.25, 0.3) is 0 Å². The van der Waals surface area contributed by atoms with Gasteiger partial charge in [-0.3, -0.25) is 4.79 Å². The third-order valence-corrected chi connectivity index (χ3v) is 5.00. The van der Waals surface area contributed by atoms with Gasteiger partial charge in [0.15, 0.2) is 0 Å². The summed E-state index contributed by atoms with van der Waals surface area (Å²) in [5.41, 5.74) is 2.11. The van der Waals surface area contributed by atoms with Crippen LogP contribution in [0.2, 0.25) is 0 Å². The third-order valence-electron chi connectivity index (χ3n) is 5.00. The number of likely N-dealkylation sites (N-methyl/N-ethyl adjacent to an activating group) is 1. The van der Waals surface area contributed by atoms with E-state index in [0.29, 0.717) is 25.3 Å². The van der Waals surface area contributed by atoms with E-state index in [9.17, 15) is 9.59 Å². The summed E-state index contributed by atoms with van der Waals surface area (Å²) in [5.74, 6) is 0.623. The Balaban J connectivity index is 1.77. The van der Waals surface area contributed by atoms with E-state index >= 15 is 0 Å². The monoisotopic (exact) mass is 391 g/mol. The molecule has 28 heavy (non-hydrogen) atoms. The molecule has 1 heterocycles. The van der Waals surface area contributed by atoms with Crippen LogP contribution in [0.5, 0.6) is 5.75 Å². The maximum atomic E-state index is 12.0. The number of anilines is 1. The minimum Gasteiger partial charge on any atom is -0.464 e. The maximum absolute atomic E-state index is 12.0. The summed E-state index contributed by atoms with van der Waals surface area (Å²) in [6, 6.07) is 5.60. The fraction of sp³-hybridized carbons (Fsp3) is 0.619. The van der Waals surface area contributed by atoms with Crippen molar-refractivity contribution >= 4 is 17.7 Å². The molecule has 7 heteroatoms. The van der Waals surface area contributed by atoms with Crippen LogP contribution in [0.1, 0.15) is 51.5 Å². The van der Waals surface area contributed by atoms with Crippen LogP contribution in [0.15, 0.2) is 18.2 Å². The van der Waals surface area contributed by atoms with Crippen molar-refractivity contribution in [1.29, 1.82) is 0 Å². The molecule has 2 N–H and O–H groups in total.